The van der Waals surface area contributed by atoms with Crippen molar-refractivity contribution in [3.63, 3.8) is 0 Å². The van der Waals surface area contributed by atoms with Crippen LogP contribution in [0.5, 0.6) is 0 Å². The van der Waals surface area contributed by atoms with E-state index in [4.69, 9.17) is 14.2 Å². The van der Waals surface area contributed by atoms with Gasteiger partial charge in [0.1, 0.15) is 22.7 Å². The molecule has 1 fully saturated rings. The number of nitro groups is 2. The van der Waals surface area contributed by atoms with E-state index in [0.29, 0.717) is 13.2 Å². The molecule has 0 bridgehead atoms. The molecule has 0 aromatic carbocycles. The van der Waals surface area contributed by atoms with Crippen LogP contribution in [0.15, 0.2) is 0 Å². The molecule has 0 spiro atoms. The second-order valence-corrected chi connectivity index (χ2v) is 3.52. The Labute approximate surface area is 90.6 Å². The third kappa shape index (κ3) is 3.36. The van der Waals surface area contributed by atoms with E-state index in [1.165, 1.54) is 0 Å². The van der Waals surface area contributed by atoms with Crippen molar-refractivity contribution in [3.8, 4) is 0 Å². The van der Waals surface area contributed by atoms with Gasteiger partial charge < -0.3 is 14.2 Å². The molecule has 1 unspecified atom stereocenters. The van der Waals surface area contributed by atoms with Crippen molar-refractivity contribution in [1.29, 1.82) is 0 Å². The van der Waals surface area contributed by atoms with Crippen LogP contribution in [-0.2, 0) is 14.2 Å². The smallest absolute Gasteiger partial charge is 0.371 e. The Kier molecular flexibility index (Phi) is 4.10. The van der Waals surface area contributed by atoms with Gasteiger partial charge in [-0.1, -0.05) is 0 Å². The summed E-state index contributed by atoms with van der Waals surface area (Å²) in [5, 5.41) is 20.9. The van der Waals surface area contributed by atoms with Crippen LogP contribution in [0.1, 0.15) is 6.92 Å². The highest BCUT2D eigenvalue weighted by Gasteiger charge is 2.51. The van der Waals surface area contributed by atoms with Crippen LogP contribution in [0.4, 0.5) is 0 Å². The number of ether oxygens (including phenoxy) is 3. The molecule has 9 nitrogen and oxygen atoms in total. The molecule has 0 aromatic heterocycles. The zero-order valence-corrected chi connectivity index (χ0v) is 8.66. The Balaban J connectivity index is 2.21. The molecule has 1 aliphatic rings. The van der Waals surface area contributed by atoms with Crippen LogP contribution in [0.25, 0.3) is 0 Å². The number of hydrogen-bond acceptors (Lipinski definition) is 7. The van der Waals surface area contributed by atoms with E-state index < -0.39 is 22.1 Å². The van der Waals surface area contributed by atoms with E-state index in [9.17, 15) is 20.2 Å². The molecule has 1 rings (SSSR count). The van der Waals surface area contributed by atoms with E-state index in [1.807, 2.05) is 0 Å². The van der Waals surface area contributed by atoms with Crippen molar-refractivity contribution in [3.05, 3.63) is 20.2 Å². The molecule has 1 heterocycles. The number of rotatable bonds is 8. The van der Waals surface area contributed by atoms with Gasteiger partial charge in [0.05, 0.1) is 20.1 Å². The third-order valence-corrected chi connectivity index (χ3v) is 2.03. The van der Waals surface area contributed by atoms with Gasteiger partial charge >= 0.3 is 5.66 Å². The van der Waals surface area contributed by atoms with Crippen LogP contribution in [0, 0.1) is 20.2 Å². The zero-order valence-electron chi connectivity index (χ0n) is 8.66. The maximum Gasteiger partial charge on any atom is 0.478 e. The van der Waals surface area contributed by atoms with Crippen molar-refractivity contribution >= 4 is 0 Å². The lowest BCUT2D eigenvalue weighted by molar-refractivity contribution is -0.794. The summed E-state index contributed by atoms with van der Waals surface area (Å²) in [5.74, 6) is 0. The van der Waals surface area contributed by atoms with Crippen molar-refractivity contribution in [2.75, 3.05) is 26.6 Å². The summed E-state index contributed by atoms with van der Waals surface area (Å²) in [6.07, 6.45) is 0.0565. The third-order valence-electron chi connectivity index (χ3n) is 2.03. The van der Waals surface area contributed by atoms with Crippen molar-refractivity contribution in [1.82, 2.24) is 0 Å². The molecular formula is C7H12N2O7. The maximum absolute atomic E-state index is 10.5. The van der Waals surface area contributed by atoms with Gasteiger partial charge in [0.15, 0.2) is 6.61 Å². The topological polar surface area (TPSA) is 117 Å². The average Bonchev–Trinajstić information content (AvgIpc) is 3.00. The number of hydrogen-bond donors (Lipinski definition) is 0. The molecular weight excluding hydrogens is 224 g/mol. The Morgan fingerprint density at radius 1 is 1.38 bits per heavy atom. The molecule has 0 N–H and O–H groups in total. The molecule has 0 amide bonds. The lowest BCUT2D eigenvalue weighted by Crippen LogP contribution is -2.47. The molecule has 1 atom stereocenters. The molecule has 1 aliphatic heterocycles. The summed E-state index contributed by atoms with van der Waals surface area (Å²) in [4.78, 5) is 19.0. The highest BCUT2D eigenvalue weighted by Crippen LogP contribution is 2.11. The summed E-state index contributed by atoms with van der Waals surface area (Å²) in [6, 6.07) is 0. The molecule has 92 valence electrons. The van der Waals surface area contributed by atoms with Gasteiger partial charge in [0.2, 0.25) is 0 Å². The first-order chi connectivity index (χ1) is 7.47. The molecule has 16 heavy (non-hydrogen) atoms. The highest BCUT2D eigenvalue weighted by atomic mass is 16.7. The zero-order chi connectivity index (χ0) is 12.2. The average molecular weight is 236 g/mol. The number of epoxide rings is 1. The van der Waals surface area contributed by atoms with E-state index in [0.717, 1.165) is 6.92 Å². The Morgan fingerprint density at radius 3 is 2.38 bits per heavy atom. The normalized spacial score (nSPS) is 19.4. The van der Waals surface area contributed by atoms with Gasteiger partial charge in [-0.3, -0.25) is 20.2 Å². The fourth-order valence-corrected chi connectivity index (χ4v) is 0.810. The predicted octanol–water partition coefficient (Wildman–Crippen LogP) is -0.354. The van der Waals surface area contributed by atoms with Crippen LogP contribution in [0.3, 0.4) is 0 Å². The maximum atomic E-state index is 10.5. The van der Waals surface area contributed by atoms with Gasteiger partial charge in [0, 0.05) is 0 Å². The van der Waals surface area contributed by atoms with Crippen LogP contribution < -0.4 is 0 Å². The Morgan fingerprint density at radius 2 is 1.94 bits per heavy atom. The summed E-state index contributed by atoms with van der Waals surface area (Å²) < 4.78 is 14.5. The second-order valence-electron chi connectivity index (χ2n) is 3.52. The van der Waals surface area contributed by atoms with Gasteiger partial charge in [-0.2, -0.15) is 0 Å². The molecule has 0 radical (unpaired) electrons. The first-order valence-corrected chi connectivity index (χ1v) is 4.53. The van der Waals surface area contributed by atoms with E-state index >= 15 is 0 Å². The minimum absolute atomic E-state index is 0.0565. The van der Waals surface area contributed by atoms with E-state index in [1.54, 1.807) is 0 Å². The Bertz CT molecular complexity index is 264. The van der Waals surface area contributed by atoms with E-state index in [2.05, 4.69) is 0 Å². The Hall–Kier alpha value is -1.32. The minimum Gasteiger partial charge on any atom is -0.371 e. The SMILES string of the molecule is CC(COCOCC1CO1)([N+](=O)[O-])[N+](=O)[O-]. The summed E-state index contributed by atoms with van der Waals surface area (Å²) in [6.45, 7) is 0.974. The molecule has 1 saturated heterocycles. The summed E-state index contributed by atoms with van der Waals surface area (Å²) in [7, 11) is 0. The van der Waals surface area contributed by atoms with Crippen molar-refractivity contribution in [2.45, 2.75) is 18.7 Å². The van der Waals surface area contributed by atoms with Crippen LogP contribution in [0.2, 0.25) is 0 Å². The van der Waals surface area contributed by atoms with Gasteiger partial charge in [-0.25, -0.2) is 0 Å². The fourth-order valence-electron chi connectivity index (χ4n) is 0.810. The highest BCUT2D eigenvalue weighted by molar-refractivity contribution is 4.66. The van der Waals surface area contributed by atoms with E-state index in [-0.39, 0.29) is 12.9 Å². The van der Waals surface area contributed by atoms with Crippen LogP contribution >= 0.6 is 0 Å². The first kappa shape index (κ1) is 12.7. The van der Waals surface area contributed by atoms with Gasteiger partial charge in [-0.15, -0.1) is 0 Å². The number of nitrogens with zero attached hydrogens (tertiary/aromatic N) is 2. The summed E-state index contributed by atoms with van der Waals surface area (Å²) in [5.41, 5.74) is -2.33. The minimum atomic E-state index is -2.33. The molecule has 0 aromatic rings. The lowest BCUT2D eigenvalue weighted by Gasteiger charge is -2.12. The first-order valence-electron chi connectivity index (χ1n) is 4.53. The van der Waals surface area contributed by atoms with Crippen molar-refractivity contribution < 1.29 is 24.1 Å². The lowest BCUT2D eigenvalue weighted by atomic mass is 10.2. The molecule has 0 saturated carbocycles. The summed E-state index contributed by atoms with van der Waals surface area (Å²) >= 11 is 0. The molecule has 0 aliphatic carbocycles. The predicted molar refractivity (Wildman–Crippen MR) is 48.9 cm³/mol. The quantitative estimate of drug-likeness (QED) is 0.186. The molecule has 9 heteroatoms. The largest absolute Gasteiger partial charge is 0.478 e. The monoisotopic (exact) mass is 236 g/mol. The van der Waals surface area contributed by atoms with Crippen molar-refractivity contribution in [2.24, 2.45) is 0 Å². The fraction of sp³-hybridized carbons (Fsp3) is 1.00. The van der Waals surface area contributed by atoms with Gasteiger partial charge in [-0.05, 0) is 0 Å². The second kappa shape index (κ2) is 5.14. The van der Waals surface area contributed by atoms with Gasteiger partial charge in [0.25, 0.3) is 0 Å². The van der Waals surface area contributed by atoms with Crippen LogP contribution in [-0.4, -0.2) is 48.2 Å². The standard InChI is InChI=1S/C7H12N2O7/c1-7(8(10)11,9(12)13)4-15-5-14-2-6-3-16-6/h6H,2-5H2,1H3.